The van der Waals surface area contributed by atoms with Gasteiger partial charge in [-0.1, -0.05) is 18.0 Å². The third-order valence-corrected chi connectivity index (χ3v) is 4.57. The van der Waals surface area contributed by atoms with Gasteiger partial charge in [0.15, 0.2) is 0 Å². The van der Waals surface area contributed by atoms with Gasteiger partial charge in [-0.05, 0) is 55.3 Å². The van der Waals surface area contributed by atoms with Crippen LogP contribution in [0.4, 0.5) is 0 Å². The molecule has 1 aliphatic rings. The second-order valence-corrected chi connectivity index (χ2v) is 7.18. The molecule has 2 N–H and O–H groups in total. The molecule has 168 valence electrons. The maximum Gasteiger partial charge on any atom is 0.328 e. The highest BCUT2D eigenvalue weighted by molar-refractivity contribution is 6.30. The largest absolute Gasteiger partial charge is 0.481 e. The fraction of sp³-hybridized carbons (Fsp3) is 0.217. The minimum absolute atomic E-state index is 0.139. The Morgan fingerprint density at radius 3 is 2.19 bits per heavy atom. The van der Waals surface area contributed by atoms with E-state index in [1.54, 1.807) is 24.3 Å². The Morgan fingerprint density at radius 1 is 0.938 bits per heavy atom. The van der Waals surface area contributed by atoms with Gasteiger partial charge in [-0.15, -0.1) is 0 Å². The first-order chi connectivity index (χ1) is 15.3. The Balaban J connectivity index is 0.000000229. The predicted octanol–water partition coefficient (Wildman–Crippen LogP) is 4.25. The molecule has 0 saturated heterocycles. The fourth-order valence-electron chi connectivity index (χ4n) is 2.74. The molecule has 2 heterocycles. The summed E-state index contributed by atoms with van der Waals surface area (Å²) in [7, 11) is 0. The third-order valence-electron chi connectivity index (χ3n) is 4.32. The first-order valence-corrected chi connectivity index (χ1v) is 10.2. The smallest absolute Gasteiger partial charge is 0.328 e. The van der Waals surface area contributed by atoms with Crippen molar-refractivity contribution in [2.24, 2.45) is 0 Å². The van der Waals surface area contributed by atoms with Gasteiger partial charge < -0.3 is 14.6 Å². The van der Waals surface area contributed by atoms with Gasteiger partial charge in [0.05, 0.1) is 0 Å². The second-order valence-electron chi connectivity index (χ2n) is 6.75. The number of carbonyl (C=O) groups is 4. The highest BCUT2D eigenvalue weighted by Gasteiger charge is 2.22. The predicted molar refractivity (Wildman–Crippen MR) is 118 cm³/mol. The van der Waals surface area contributed by atoms with Crippen LogP contribution >= 0.6 is 11.6 Å². The maximum absolute atomic E-state index is 11.1. The minimum atomic E-state index is -1.01. The Kier molecular flexibility index (Phi) is 9.43. The Labute approximate surface area is 189 Å². The van der Waals surface area contributed by atoms with E-state index in [1.807, 2.05) is 12.1 Å². The molecule has 0 atom stereocenters. The van der Waals surface area contributed by atoms with Crippen molar-refractivity contribution in [2.45, 2.75) is 25.7 Å². The standard InChI is InChI=1S/C13H9ClO3.C10H13NO4/c14-10-3-1-9(2-4-10)12-7-5-11(17-12)6-8-13(15)16;12-8-5-6-9(13)11(8)7-3-1-2-4-10(14)15/h1-8H,(H,15,16);5-6H,1-4,7H2,(H,14,15). The van der Waals surface area contributed by atoms with Crippen LogP contribution in [-0.2, 0) is 19.2 Å². The summed E-state index contributed by atoms with van der Waals surface area (Å²) in [4.78, 5) is 43.9. The van der Waals surface area contributed by atoms with E-state index < -0.39 is 11.9 Å². The lowest BCUT2D eigenvalue weighted by atomic mass is 10.2. The number of aliphatic carboxylic acids is 2. The van der Waals surface area contributed by atoms with Crippen LogP contribution < -0.4 is 0 Å². The van der Waals surface area contributed by atoms with E-state index in [4.69, 9.17) is 26.2 Å². The van der Waals surface area contributed by atoms with Crippen molar-refractivity contribution in [3.05, 3.63) is 65.4 Å². The zero-order chi connectivity index (χ0) is 23.5. The molecular formula is C23H22ClNO7. The molecule has 32 heavy (non-hydrogen) atoms. The zero-order valence-corrected chi connectivity index (χ0v) is 17.8. The highest BCUT2D eigenvalue weighted by atomic mass is 35.5. The van der Waals surface area contributed by atoms with Gasteiger partial charge in [-0.2, -0.15) is 0 Å². The number of halogens is 1. The van der Waals surface area contributed by atoms with Gasteiger partial charge >= 0.3 is 11.9 Å². The Bertz CT molecular complexity index is 1000. The number of unbranched alkanes of at least 4 members (excludes halogenated alkanes) is 2. The normalized spacial score (nSPS) is 12.8. The molecule has 0 spiro atoms. The molecule has 3 rings (SSSR count). The average molecular weight is 460 g/mol. The lowest BCUT2D eigenvalue weighted by Crippen LogP contribution is -2.30. The van der Waals surface area contributed by atoms with E-state index in [-0.39, 0.29) is 18.2 Å². The van der Waals surface area contributed by atoms with Crippen molar-refractivity contribution >= 4 is 41.4 Å². The lowest BCUT2D eigenvalue weighted by Gasteiger charge is -2.12. The molecule has 0 fully saturated rings. The topological polar surface area (TPSA) is 125 Å². The fourth-order valence-corrected chi connectivity index (χ4v) is 2.87. The SMILES string of the molecule is O=C(O)C=Cc1ccc(-c2ccc(Cl)cc2)o1.O=C(O)CCCCCN1C(=O)C=CC1=O. The molecule has 0 bridgehead atoms. The van der Waals surface area contributed by atoms with Crippen LogP contribution in [0, 0.1) is 0 Å². The molecule has 0 radical (unpaired) electrons. The molecule has 2 amide bonds. The van der Waals surface area contributed by atoms with Crippen LogP contribution in [0.3, 0.4) is 0 Å². The number of hydrogen-bond donors (Lipinski definition) is 2. The average Bonchev–Trinajstić information content (AvgIpc) is 3.34. The number of carbonyl (C=O) groups excluding carboxylic acids is 2. The van der Waals surface area contributed by atoms with Crippen molar-refractivity contribution in [1.82, 2.24) is 4.90 Å². The molecule has 2 aromatic rings. The molecule has 1 aliphatic heterocycles. The van der Waals surface area contributed by atoms with Crippen molar-refractivity contribution in [2.75, 3.05) is 6.54 Å². The molecule has 9 heteroatoms. The van der Waals surface area contributed by atoms with Crippen LogP contribution in [0.25, 0.3) is 17.4 Å². The summed E-state index contributed by atoms with van der Waals surface area (Å²) in [6.45, 7) is 0.379. The molecule has 0 saturated carbocycles. The highest BCUT2D eigenvalue weighted by Crippen LogP contribution is 2.24. The first-order valence-electron chi connectivity index (χ1n) is 9.78. The Hall–Kier alpha value is -3.65. The van der Waals surface area contributed by atoms with E-state index in [0.29, 0.717) is 42.4 Å². The monoisotopic (exact) mass is 459 g/mol. The van der Waals surface area contributed by atoms with Crippen LogP contribution in [0.15, 0.2) is 59.0 Å². The van der Waals surface area contributed by atoms with Gasteiger partial charge in [0.2, 0.25) is 0 Å². The van der Waals surface area contributed by atoms with Gasteiger partial charge in [0.25, 0.3) is 11.8 Å². The molecule has 0 unspecified atom stereocenters. The summed E-state index contributed by atoms with van der Waals surface area (Å²) in [5.74, 6) is -1.21. The summed E-state index contributed by atoms with van der Waals surface area (Å²) in [6, 6.07) is 10.7. The van der Waals surface area contributed by atoms with Gasteiger partial charge in [-0.25, -0.2) is 4.79 Å². The lowest BCUT2D eigenvalue weighted by molar-refractivity contribution is -0.138. The number of nitrogens with zero attached hydrogens (tertiary/aromatic N) is 1. The van der Waals surface area contributed by atoms with Crippen LogP contribution in [0.5, 0.6) is 0 Å². The van der Waals surface area contributed by atoms with Crippen LogP contribution in [0.1, 0.15) is 31.4 Å². The first kappa shape index (κ1) is 24.6. The van der Waals surface area contributed by atoms with Gasteiger partial charge in [-0.3, -0.25) is 19.3 Å². The summed E-state index contributed by atoms with van der Waals surface area (Å²) >= 11 is 5.78. The number of benzene rings is 1. The molecular weight excluding hydrogens is 438 g/mol. The maximum atomic E-state index is 11.1. The zero-order valence-electron chi connectivity index (χ0n) is 17.1. The van der Waals surface area contributed by atoms with Crippen LogP contribution in [-0.4, -0.2) is 45.4 Å². The quantitative estimate of drug-likeness (QED) is 0.326. The van der Waals surface area contributed by atoms with Gasteiger partial charge in [0, 0.05) is 41.8 Å². The number of amides is 2. The summed E-state index contributed by atoms with van der Waals surface area (Å²) < 4.78 is 5.47. The van der Waals surface area contributed by atoms with Crippen molar-refractivity contribution in [1.29, 1.82) is 0 Å². The number of furan rings is 1. The van der Waals surface area contributed by atoms with Crippen molar-refractivity contribution in [3.63, 3.8) is 0 Å². The Morgan fingerprint density at radius 2 is 1.59 bits per heavy atom. The number of carboxylic acid groups (broad SMARTS) is 2. The minimum Gasteiger partial charge on any atom is -0.481 e. The van der Waals surface area contributed by atoms with E-state index in [0.717, 1.165) is 11.6 Å². The third kappa shape index (κ3) is 8.23. The number of carboxylic acids is 2. The summed E-state index contributed by atoms with van der Waals surface area (Å²) in [5, 5.41) is 17.5. The molecule has 0 aliphatic carbocycles. The molecule has 1 aromatic heterocycles. The summed E-state index contributed by atoms with van der Waals surface area (Å²) in [6.07, 6.45) is 7.03. The van der Waals surface area contributed by atoms with E-state index in [2.05, 4.69) is 0 Å². The van der Waals surface area contributed by atoms with E-state index in [9.17, 15) is 19.2 Å². The van der Waals surface area contributed by atoms with Crippen LogP contribution in [0.2, 0.25) is 5.02 Å². The van der Waals surface area contributed by atoms with E-state index in [1.165, 1.54) is 23.1 Å². The number of rotatable bonds is 9. The second kappa shape index (κ2) is 12.3. The van der Waals surface area contributed by atoms with Crippen molar-refractivity contribution in [3.8, 4) is 11.3 Å². The summed E-state index contributed by atoms with van der Waals surface area (Å²) in [5.41, 5.74) is 0.893. The molecule has 8 nitrogen and oxygen atoms in total. The van der Waals surface area contributed by atoms with Gasteiger partial charge in [0.1, 0.15) is 11.5 Å². The number of imide groups is 1. The number of hydrogen-bond acceptors (Lipinski definition) is 5. The van der Waals surface area contributed by atoms with E-state index >= 15 is 0 Å². The van der Waals surface area contributed by atoms with Crippen molar-refractivity contribution < 1.29 is 33.8 Å². The molecule has 1 aromatic carbocycles.